The third-order valence-corrected chi connectivity index (χ3v) is 14.4. The molecule has 0 atom stereocenters. The van der Waals surface area contributed by atoms with Crippen molar-refractivity contribution in [1.29, 1.82) is 0 Å². The van der Waals surface area contributed by atoms with Crippen molar-refractivity contribution in [1.82, 2.24) is 4.57 Å². The standard InChI is InChI=1S/C61H50N2/c1-61(2)53-29-12-9-26-52(53)60-54(61)30-17-33-57(60)62(56-32-14-11-25-49(56)51-28-16-21-43-20-15-27-47(59(43)51)42-18-5-3-6-19-42)46-37-34-41(35-38-46)44-36-39-50-48-24-10-13-31-55(48)63(58(50)40-44)45-22-7-4-8-23-45/h4,7-17,20-40,42H,3,5-6,18-19H2,1-2H3. The van der Waals surface area contributed by atoms with Crippen LogP contribution in [0, 0.1) is 0 Å². The Labute approximate surface area is 370 Å². The highest BCUT2D eigenvalue weighted by atomic mass is 15.1. The summed E-state index contributed by atoms with van der Waals surface area (Å²) in [5, 5.41) is 5.26. The number of hydrogen-bond donors (Lipinski definition) is 0. The Hall–Kier alpha value is -7.16. The third kappa shape index (κ3) is 6.07. The van der Waals surface area contributed by atoms with Gasteiger partial charge in [0.05, 0.1) is 22.4 Å². The van der Waals surface area contributed by atoms with Crippen molar-refractivity contribution in [3.8, 4) is 39.1 Å². The van der Waals surface area contributed by atoms with Crippen LogP contribution in [-0.4, -0.2) is 4.57 Å². The number of hydrogen-bond acceptors (Lipinski definition) is 1. The van der Waals surface area contributed by atoms with Gasteiger partial charge >= 0.3 is 0 Å². The average molecular weight is 811 g/mol. The molecular weight excluding hydrogens is 761 g/mol. The molecule has 1 heterocycles. The maximum absolute atomic E-state index is 2.55. The topological polar surface area (TPSA) is 8.17 Å². The van der Waals surface area contributed by atoms with Crippen molar-refractivity contribution in [2.24, 2.45) is 0 Å². The van der Waals surface area contributed by atoms with Crippen LogP contribution in [0.15, 0.2) is 200 Å². The van der Waals surface area contributed by atoms with Gasteiger partial charge in [-0.05, 0) is 117 Å². The molecule has 10 aromatic rings. The quantitative estimate of drug-likeness (QED) is 0.156. The summed E-state index contributed by atoms with van der Waals surface area (Å²) in [6.07, 6.45) is 6.50. The third-order valence-electron chi connectivity index (χ3n) is 14.4. The van der Waals surface area contributed by atoms with Crippen molar-refractivity contribution < 1.29 is 0 Å². The number of para-hydroxylation sites is 3. The van der Waals surface area contributed by atoms with E-state index in [1.165, 1.54) is 132 Å². The fraction of sp³-hybridized carbons (Fsp3) is 0.148. The number of nitrogens with zero attached hydrogens (tertiary/aromatic N) is 2. The van der Waals surface area contributed by atoms with Crippen molar-refractivity contribution >= 4 is 49.6 Å². The predicted octanol–water partition coefficient (Wildman–Crippen LogP) is 17.1. The van der Waals surface area contributed by atoms with Crippen molar-refractivity contribution in [2.45, 2.75) is 57.3 Å². The highest BCUT2D eigenvalue weighted by Crippen LogP contribution is 2.55. The average Bonchev–Trinajstić information content (AvgIpc) is 3.80. The van der Waals surface area contributed by atoms with Gasteiger partial charge in [0.15, 0.2) is 0 Å². The Kier molecular flexibility index (Phi) is 8.97. The summed E-state index contributed by atoms with van der Waals surface area (Å²) in [4.78, 5) is 2.55. The molecule has 0 saturated heterocycles. The molecule has 0 spiro atoms. The lowest BCUT2D eigenvalue weighted by molar-refractivity contribution is 0.445. The molecule has 2 heteroatoms. The Morgan fingerprint density at radius 2 is 1.11 bits per heavy atom. The summed E-state index contributed by atoms with van der Waals surface area (Å²) in [6, 6.07) is 74.9. The van der Waals surface area contributed by atoms with E-state index >= 15 is 0 Å². The molecule has 0 N–H and O–H groups in total. The van der Waals surface area contributed by atoms with Crippen molar-refractivity contribution in [3.63, 3.8) is 0 Å². The molecule has 1 fully saturated rings. The van der Waals surface area contributed by atoms with Crippen LogP contribution in [0.1, 0.15) is 68.6 Å². The van der Waals surface area contributed by atoms with Gasteiger partial charge in [-0.1, -0.05) is 185 Å². The van der Waals surface area contributed by atoms with Gasteiger partial charge in [0.1, 0.15) is 0 Å². The first-order chi connectivity index (χ1) is 31.0. The molecule has 1 aromatic heterocycles. The number of benzene rings is 9. The molecule has 2 aliphatic rings. The zero-order valence-corrected chi connectivity index (χ0v) is 36.1. The van der Waals surface area contributed by atoms with E-state index in [1.54, 1.807) is 0 Å². The smallest absolute Gasteiger partial charge is 0.0547 e. The zero-order chi connectivity index (χ0) is 42.1. The van der Waals surface area contributed by atoms with Gasteiger partial charge in [-0.15, -0.1) is 0 Å². The summed E-state index contributed by atoms with van der Waals surface area (Å²) in [7, 11) is 0. The summed E-state index contributed by atoms with van der Waals surface area (Å²) in [5.74, 6) is 0.587. The molecule has 0 unspecified atom stereocenters. The van der Waals surface area contributed by atoms with E-state index in [9.17, 15) is 0 Å². The fourth-order valence-electron chi connectivity index (χ4n) is 11.4. The van der Waals surface area contributed by atoms with Gasteiger partial charge in [0.25, 0.3) is 0 Å². The molecule has 0 radical (unpaired) electrons. The second-order valence-corrected chi connectivity index (χ2v) is 18.3. The van der Waals surface area contributed by atoms with E-state index in [-0.39, 0.29) is 5.41 Å². The van der Waals surface area contributed by atoms with E-state index < -0.39 is 0 Å². The Morgan fingerprint density at radius 3 is 1.95 bits per heavy atom. The van der Waals surface area contributed by atoms with E-state index in [0.29, 0.717) is 5.92 Å². The second-order valence-electron chi connectivity index (χ2n) is 18.3. The lowest BCUT2D eigenvalue weighted by Crippen LogP contribution is -2.16. The molecule has 2 aliphatic carbocycles. The molecule has 9 aromatic carbocycles. The molecule has 1 saturated carbocycles. The molecule has 0 aliphatic heterocycles. The van der Waals surface area contributed by atoms with Gasteiger partial charge in [-0.3, -0.25) is 0 Å². The summed E-state index contributed by atoms with van der Waals surface area (Å²) >= 11 is 0. The van der Waals surface area contributed by atoms with Crippen molar-refractivity contribution in [3.05, 3.63) is 217 Å². The molecule has 2 nitrogen and oxygen atoms in total. The molecule has 12 rings (SSSR count). The number of rotatable bonds is 7. The van der Waals surface area contributed by atoms with Crippen LogP contribution in [0.4, 0.5) is 17.1 Å². The SMILES string of the molecule is CC1(C)c2ccccc2-c2c(N(c3ccc(-c4ccc5c6ccccc6n(-c6ccccc6)c5c4)cc3)c3ccccc3-c3cccc4cccc(C5CCCCC5)c34)cccc21. The largest absolute Gasteiger partial charge is 0.309 e. The predicted molar refractivity (Wildman–Crippen MR) is 267 cm³/mol. The maximum Gasteiger partial charge on any atom is 0.0547 e. The van der Waals surface area contributed by atoms with Crippen molar-refractivity contribution in [2.75, 3.05) is 4.90 Å². The molecule has 304 valence electrons. The lowest BCUT2D eigenvalue weighted by atomic mass is 9.80. The maximum atomic E-state index is 2.55. The molecule has 0 amide bonds. The highest BCUT2D eigenvalue weighted by molar-refractivity contribution is 6.10. The monoisotopic (exact) mass is 810 g/mol. The molecule has 63 heavy (non-hydrogen) atoms. The Balaban J connectivity index is 1.05. The van der Waals surface area contributed by atoms with Crippen LogP contribution in [0.5, 0.6) is 0 Å². The van der Waals surface area contributed by atoms with Crippen LogP contribution < -0.4 is 4.90 Å². The first kappa shape index (κ1) is 37.6. The normalized spacial score (nSPS) is 14.6. The fourth-order valence-corrected chi connectivity index (χ4v) is 11.4. The second kappa shape index (κ2) is 15.0. The van der Waals surface area contributed by atoms with Gasteiger partial charge in [-0.2, -0.15) is 0 Å². The van der Waals surface area contributed by atoms with Crippen LogP contribution >= 0.6 is 0 Å². The van der Waals surface area contributed by atoms with Crippen LogP contribution in [-0.2, 0) is 5.41 Å². The Morgan fingerprint density at radius 1 is 0.476 bits per heavy atom. The summed E-state index contributed by atoms with van der Waals surface area (Å²) in [6.45, 7) is 4.76. The van der Waals surface area contributed by atoms with Gasteiger partial charge in [0.2, 0.25) is 0 Å². The van der Waals surface area contributed by atoms with Crippen LogP contribution in [0.3, 0.4) is 0 Å². The number of aromatic nitrogens is 1. The van der Waals surface area contributed by atoms with E-state index in [2.05, 4.69) is 224 Å². The Bertz CT molecular complexity index is 3340. The number of fused-ring (bicyclic) bond motifs is 7. The van der Waals surface area contributed by atoms with Crippen LogP contribution in [0.2, 0.25) is 0 Å². The van der Waals surface area contributed by atoms with Gasteiger partial charge in [-0.25, -0.2) is 0 Å². The molecule has 0 bridgehead atoms. The summed E-state index contributed by atoms with van der Waals surface area (Å²) in [5.41, 5.74) is 18.8. The van der Waals surface area contributed by atoms with E-state index in [4.69, 9.17) is 0 Å². The minimum absolute atomic E-state index is 0.123. The lowest BCUT2D eigenvalue weighted by Gasteiger charge is -2.31. The molecular formula is C61H50N2. The van der Waals surface area contributed by atoms with Gasteiger partial charge < -0.3 is 9.47 Å². The highest BCUT2D eigenvalue weighted by Gasteiger charge is 2.38. The number of anilines is 3. The van der Waals surface area contributed by atoms with Crippen LogP contribution in [0.25, 0.3) is 71.6 Å². The van der Waals surface area contributed by atoms with E-state index in [1.807, 2.05) is 0 Å². The minimum atomic E-state index is -0.123. The first-order valence-corrected chi connectivity index (χ1v) is 22.9. The van der Waals surface area contributed by atoms with Gasteiger partial charge in [0, 0.05) is 38.7 Å². The first-order valence-electron chi connectivity index (χ1n) is 22.9. The van der Waals surface area contributed by atoms with E-state index in [0.717, 1.165) is 5.69 Å². The zero-order valence-electron chi connectivity index (χ0n) is 36.1. The minimum Gasteiger partial charge on any atom is -0.309 e. The summed E-state index contributed by atoms with van der Waals surface area (Å²) < 4.78 is 2.41.